The minimum Gasteiger partial charge on any atom is -0.329 e. The van der Waals surface area contributed by atoms with Gasteiger partial charge in [0.05, 0.1) is 20.4 Å². The van der Waals surface area contributed by atoms with Crippen LogP contribution >= 0.6 is 22.1 Å². The van der Waals surface area contributed by atoms with Gasteiger partial charge in [-0.2, -0.15) is 0 Å². The first kappa shape index (κ1) is 29.5. The van der Waals surface area contributed by atoms with Gasteiger partial charge in [0.1, 0.15) is 0 Å². The Kier molecular flexibility index (Phi) is 21.6. The van der Waals surface area contributed by atoms with E-state index >= 15 is 0 Å². The molecule has 0 amide bonds. The van der Waals surface area contributed by atoms with Crippen LogP contribution in [0.15, 0.2) is 0 Å². The van der Waals surface area contributed by atoms with Crippen LogP contribution in [-0.4, -0.2) is 68.2 Å². The molecule has 0 fully saturated rings. The molecule has 0 bridgehead atoms. The fraction of sp³-hybridized carbons (Fsp3) is 1.00. The van der Waals surface area contributed by atoms with Crippen LogP contribution in [0, 0.1) is 0 Å². The molecule has 8 nitrogen and oxygen atoms in total. The molecular weight excluding hydrogens is 341 g/mol. The summed E-state index contributed by atoms with van der Waals surface area (Å²) in [6.45, 7) is 13.8. The van der Waals surface area contributed by atoms with Gasteiger partial charge in [-0.1, -0.05) is 0 Å². The lowest BCUT2D eigenvalue weighted by atomic mass is 10.9. The van der Waals surface area contributed by atoms with Crippen LogP contribution < -0.4 is 0 Å². The smallest absolute Gasteiger partial charge is 0.322 e. The summed E-state index contributed by atoms with van der Waals surface area (Å²) in [5.41, 5.74) is 0. The molecule has 0 rings (SSSR count). The van der Waals surface area contributed by atoms with Crippen molar-refractivity contribution in [1.29, 1.82) is 0 Å². The predicted molar refractivity (Wildman–Crippen MR) is 88.7 cm³/mol. The Labute approximate surface area is 128 Å². The van der Waals surface area contributed by atoms with Crippen molar-refractivity contribution in [3.8, 4) is 0 Å². The summed E-state index contributed by atoms with van der Waals surface area (Å²) < 4.78 is 34.9. The summed E-state index contributed by atoms with van der Waals surface area (Å²) in [5.74, 6) is 0. The van der Waals surface area contributed by atoms with Crippen LogP contribution in [0.4, 0.5) is 0 Å². The number of hydrogen-bond donors (Lipinski definition) is 3. The summed E-state index contributed by atoms with van der Waals surface area (Å²) >= 11 is 0. The molecule has 0 saturated heterocycles. The van der Waals surface area contributed by atoms with Crippen molar-refractivity contribution < 1.29 is 38.2 Å². The van der Waals surface area contributed by atoms with Gasteiger partial charge in [-0.25, -0.2) is 4.89 Å². The quantitative estimate of drug-likeness (QED) is 0.391. The molecule has 0 aliphatic carbocycles. The van der Waals surface area contributed by atoms with Gasteiger partial charge in [-0.05, 0) is 33.8 Å². The molecule has 0 aliphatic heterocycles. The fourth-order valence-corrected chi connectivity index (χ4v) is 0.933. The molecule has 3 N–H and O–H groups in total. The molecule has 0 atom stereocenters. The normalized spacial score (nSPS) is 11.0. The molecule has 11 heteroatoms. The fourth-order valence-electron chi connectivity index (χ4n) is 0.311. The Balaban J connectivity index is -0.0000000939. The Morgan fingerprint density at radius 1 is 0.810 bits per heavy atom. The molecule has 0 unspecified atom stereocenters. The molecule has 0 aromatic rings. The zero-order valence-corrected chi connectivity index (χ0v) is 16.8. The van der Waals surface area contributed by atoms with Crippen molar-refractivity contribution >= 4 is 22.1 Å². The van der Waals surface area contributed by atoms with Crippen molar-refractivity contribution in [2.75, 3.05) is 53.2 Å². The van der Waals surface area contributed by atoms with Crippen LogP contribution in [0.3, 0.4) is 0 Å². The van der Waals surface area contributed by atoms with Gasteiger partial charge >= 0.3 is 7.60 Å². The maximum atomic E-state index is 10.6. The first-order valence-corrected chi connectivity index (χ1v) is 13.6. The van der Waals surface area contributed by atoms with Crippen LogP contribution in [0.1, 0.15) is 13.8 Å². The van der Waals surface area contributed by atoms with Crippen LogP contribution in [0.2, 0.25) is 0 Å². The van der Waals surface area contributed by atoms with Gasteiger partial charge in [0.15, 0.2) is 7.37 Å². The monoisotopic (exact) mass is 372 g/mol. The molecule has 21 heavy (non-hydrogen) atoms. The van der Waals surface area contributed by atoms with Crippen molar-refractivity contribution in [2.45, 2.75) is 13.8 Å². The van der Waals surface area contributed by atoms with Gasteiger partial charge in [0.25, 0.3) is 0 Å². The SMILES string of the molecule is CCOO.CCOP(C)(C)=O.CP(=O)(O)O.CP(C)(C)=O. The summed E-state index contributed by atoms with van der Waals surface area (Å²) in [4.78, 5) is 18.8. The lowest BCUT2D eigenvalue weighted by Gasteiger charge is -2.02. The van der Waals surface area contributed by atoms with Gasteiger partial charge in [-0.3, -0.25) is 14.4 Å². The highest BCUT2D eigenvalue weighted by Gasteiger charge is 2.02. The van der Waals surface area contributed by atoms with Crippen molar-refractivity contribution in [1.82, 2.24) is 0 Å². The van der Waals surface area contributed by atoms with E-state index in [2.05, 4.69) is 4.89 Å². The number of rotatable bonds is 3. The summed E-state index contributed by atoms with van der Waals surface area (Å²) in [7, 11) is -7.44. The minimum atomic E-state index is -3.64. The molecule has 0 spiro atoms. The molecule has 0 saturated carbocycles. The van der Waals surface area contributed by atoms with Gasteiger partial charge < -0.3 is 18.9 Å². The lowest BCUT2D eigenvalue weighted by molar-refractivity contribution is -0.237. The van der Waals surface area contributed by atoms with Crippen molar-refractivity contribution in [2.24, 2.45) is 0 Å². The Morgan fingerprint density at radius 3 is 1.00 bits per heavy atom. The minimum absolute atomic E-state index is 0.375. The molecule has 0 heterocycles. The first-order valence-electron chi connectivity index (χ1n) is 5.99. The molecule has 134 valence electrons. The van der Waals surface area contributed by atoms with E-state index in [9.17, 15) is 13.7 Å². The van der Waals surface area contributed by atoms with E-state index in [1.807, 2.05) is 6.92 Å². The van der Waals surface area contributed by atoms with Gasteiger partial charge in [0, 0.05) is 20.0 Å². The third-order valence-corrected chi connectivity index (χ3v) is 1.45. The van der Waals surface area contributed by atoms with E-state index < -0.39 is 22.1 Å². The van der Waals surface area contributed by atoms with E-state index in [1.165, 1.54) is 0 Å². The molecule has 0 aromatic heterocycles. The highest BCUT2D eigenvalue weighted by Crippen LogP contribution is 2.36. The second-order valence-electron chi connectivity index (χ2n) is 4.81. The topological polar surface area (TPSA) is 130 Å². The maximum Gasteiger partial charge on any atom is 0.322 e. The van der Waals surface area contributed by atoms with Gasteiger partial charge in [-0.15, -0.1) is 0 Å². The van der Waals surface area contributed by atoms with Crippen LogP contribution in [0.25, 0.3) is 0 Å². The molecule has 0 radical (unpaired) electrons. The largest absolute Gasteiger partial charge is 0.329 e. The van der Waals surface area contributed by atoms with E-state index in [4.69, 9.17) is 19.6 Å². The summed E-state index contributed by atoms with van der Waals surface area (Å²) in [6, 6.07) is 0. The number of hydrogen-bond acceptors (Lipinski definition) is 6. The maximum absolute atomic E-state index is 10.6. The third kappa shape index (κ3) is 232. The second-order valence-corrected chi connectivity index (χ2v) is 13.0. The first-order chi connectivity index (χ1) is 8.97. The summed E-state index contributed by atoms with van der Waals surface area (Å²) in [6.07, 6.45) is 0. The third-order valence-electron chi connectivity index (χ3n) is 0.569. The Hall–Kier alpha value is 0.490. The zero-order valence-electron chi connectivity index (χ0n) is 14.1. The highest BCUT2D eigenvalue weighted by atomic mass is 31.2. The lowest BCUT2D eigenvalue weighted by Crippen LogP contribution is -1.82. The van der Waals surface area contributed by atoms with Crippen LogP contribution in [0.5, 0.6) is 0 Å². The van der Waals surface area contributed by atoms with E-state index in [0.717, 1.165) is 6.66 Å². The van der Waals surface area contributed by atoms with Crippen molar-refractivity contribution in [3.63, 3.8) is 0 Å². The van der Waals surface area contributed by atoms with Crippen LogP contribution in [-0.2, 0) is 23.1 Å². The highest BCUT2D eigenvalue weighted by molar-refractivity contribution is 7.61. The Morgan fingerprint density at radius 2 is 1.00 bits per heavy atom. The van der Waals surface area contributed by atoms with E-state index in [-0.39, 0.29) is 0 Å². The molecular formula is C10H31O8P3. The average molecular weight is 372 g/mol. The zero-order chi connectivity index (χ0) is 18.3. The second kappa shape index (κ2) is 15.4. The van der Waals surface area contributed by atoms with E-state index in [0.29, 0.717) is 13.2 Å². The molecule has 0 aromatic carbocycles. The van der Waals surface area contributed by atoms with Gasteiger partial charge in [0.2, 0.25) is 0 Å². The summed E-state index contributed by atoms with van der Waals surface area (Å²) in [5, 5.41) is 7.38. The standard InChI is InChI=1S/C4H11O2P.C3H9OP.C2H6O2.CH5O3P/c1-4-6-7(2,3)5;1-5(2,3)4;1-2-4-3;1-5(2,3)4/h4H2,1-3H3;1-3H3;3H,2H2,1H3;1H3,(H2,2,3,4). The predicted octanol–water partition coefficient (Wildman–Crippen LogP) is 3.09. The van der Waals surface area contributed by atoms with E-state index in [1.54, 1.807) is 40.2 Å². The Bertz CT molecular complexity index is 302. The molecule has 0 aliphatic rings. The van der Waals surface area contributed by atoms with Crippen molar-refractivity contribution in [3.05, 3.63) is 0 Å². The average Bonchev–Trinajstić information content (AvgIpc) is 2.10.